The van der Waals surface area contributed by atoms with Gasteiger partial charge in [0.1, 0.15) is 24.2 Å². The highest BCUT2D eigenvalue weighted by atomic mass is 35.5. The molecule has 0 aliphatic carbocycles. The maximum Gasteiger partial charge on any atom is 0.271 e. The molecular weight excluding hydrogens is 631 g/mol. The van der Waals surface area contributed by atoms with Gasteiger partial charge < -0.3 is 13.9 Å². The molecule has 45 heavy (non-hydrogen) atoms. The summed E-state index contributed by atoms with van der Waals surface area (Å²) in [5, 5.41) is 0.822. The zero-order valence-corrected chi connectivity index (χ0v) is 27.0. The van der Waals surface area contributed by atoms with E-state index >= 15 is 0 Å². The average Bonchev–Trinajstić information content (AvgIpc) is 3.63. The van der Waals surface area contributed by atoms with Gasteiger partial charge in [-0.05, 0) is 80.4 Å². The van der Waals surface area contributed by atoms with Crippen molar-refractivity contribution in [1.82, 2.24) is 4.57 Å². The first-order chi connectivity index (χ1) is 21.7. The van der Waals surface area contributed by atoms with Crippen LogP contribution >= 0.6 is 34.5 Å². The first kappa shape index (κ1) is 30.6. The van der Waals surface area contributed by atoms with Crippen LogP contribution in [-0.4, -0.2) is 17.0 Å². The van der Waals surface area contributed by atoms with Crippen LogP contribution in [0.1, 0.15) is 43.7 Å². The zero-order valence-electron chi connectivity index (χ0n) is 24.7. The van der Waals surface area contributed by atoms with Gasteiger partial charge in [0.2, 0.25) is 0 Å². The molecule has 0 bridgehead atoms. The number of Topliss-reactive ketones (excluding diaryl/α,β-unsaturated/α-hetero) is 1. The Bertz CT molecular complexity index is 2130. The molecule has 1 atom stereocenters. The van der Waals surface area contributed by atoms with Crippen molar-refractivity contribution in [3.05, 3.63) is 137 Å². The molecule has 1 aliphatic heterocycles. The minimum atomic E-state index is -0.787. The smallest absolute Gasteiger partial charge is 0.271 e. The molecule has 3 heterocycles. The van der Waals surface area contributed by atoms with Gasteiger partial charge in [-0.2, -0.15) is 0 Å². The molecule has 0 amide bonds. The van der Waals surface area contributed by atoms with Crippen LogP contribution in [0.3, 0.4) is 0 Å². The van der Waals surface area contributed by atoms with Gasteiger partial charge in [-0.15, -0.1) is 0 Å². The second-order valence-corrected chi connectivity index (χ2v) is 12.2. The first-order valence-electron chi connectivity index (χ1n) is 14.3. The summed E-state index contributed by atoms with van der Waals surface area (Å²) in [5.41, 5.74) is 3.16. The summed E-state index contributed by atoms with van der Waals surface area (Å²) < 4.78 is 20.2. The van der Waals surface area contributed by atoms with Crippen LogP contribution in [0.4, 0.5) is 0 Å². The second-order valence-electron chi connectivity index (χ2n) is 10.4. The lowest BCUT2D eigenvalue weighted by Gasteiger charge is -2.22. The molecule has 0 saturated heterocycles. The van der Waals surface area contributed by atoms with Gasteiger partial charge in [0, 0.05) is 16.8 Å². The van der Waals surface area contributed by atoms with E-state index in [1.54, 1.807) is 43.3 Å². The monoisotopic (exact) mass is 658 g/mol. The normalized spacial score (nSPS) is 14.7. The molecule has 0 fully saturated rings. The third-order valence-electron chi connectivity index (χ3n) is 7.30. The van der Waals surface area contributed by atoms with Crippen molar-refractivity contribution in [2.75, 3.05) is 6.61 Å². The number of rotatable bonds is 9. The minimum absolute atomic E-state index is 0.199. The summed E-state index contributed by atoms with van der Waals surface area (Å²) in [6, 6.07) is 23.4. The summed E-state index contributed by atoms with van der Waals surface area (Å²) in [4.78, 5) is 32.0. The van der Waals surface area contributed by atoms with E-state index in [0.29, 0.717) is 66.9 Å². The molecule has 1 aliphatic rings. The van der Waals surface area contributed by atoms with E-state index in [1.807, 2.05) is 55.5 Å². The minimum Gasteiger partial charge on any atom is -0.490 e. The highest BCUT2D eigenvalue weighted by molar-refractivity contribution is 7.07. The van der Waals surface area contributed by atoms with E-state index < -0.39 is 6.04 Å². The molecule has 0 N–H and O–H groups in total. The highest BCUT2D eigenvalue weighted by Gasteiger charge is 2.33. The van der Waals surface area contributed by atoms with E-state index in [9.17, 15) is 9.59 Å². The van der Waals surface area contributed by atoms with Crippen LogP contribution in [0.25, 0.3) is 17.4 Å². The SMILES string of the molecule is CCOc1cc(/C=c2/sc3n(c2=O)[C@@H](c2ccc(-c4ccc(Cl)c(Cl)c4)o2)C(C(C)=O)=C(C)N=3)ccc1OCc1ccccc1. The number of allylic oxidation sites excluding steroid dienone is 2. The molecule has 2 aromatic heterocycles. The molecule has 228 valence electrons. The Balaban J connectivity index is 1.39. The number of ether oxygens (including phenoxy) is 2. The van der Waals surface area contributed by atoms with Crippen LogP contribution in [0.2, 0.25) is 10.0 Å². The van der Waals surface area contributed by atoms with Crippen LogP contribution < -0.4 is 24.4 Å². The Labute approximate surface area is 273 Å². The molecule has 7 nitrogen and oxygen atoms in total. The van der Waals surface area contributed by atoms with Crippen LogP contribution in [0.15, 0.2) is 104 Å². The summed E-state index contributed by atoms with van der Waals surface area (Å²) in [5.74, 6) is 1.95. The molecule has 0 unspecified atom stereocenters. The van der Waals surface area contributed by atoms with Gasteiger partial charge in [-0.25, -0.2) is 4.99 Å². The fourth-order valence-electron chi connectivity index (χ4n) is 5.23. The lowest BCUT2D eigenvalue weighted by molar-refractivity contribution is -0.114. The van der Waals surface area contributed by atoms with Gasteiger partial charge in [0.05, 0.1) is 21.2 Å². The number of aromatic nitrogens is 1. The first-order valence-corrected chi connectivity index (χ1v) is 15.8. The number of furan rings is 1. The van der Waals surface area contributed by atoms with Gasteiger partial charge in [0.15, 0.2) is 22.1 Å². The lowest BCUT2D eigenvalue weighted by Crippen LogP contribution is -2.39. The van der Waals surface area contributed by atoms with Crippen molar-refractivity contribution in [1.29, 1.82) is 0 Å². The Hall–Kier alpha value is -4.37. The van der Waals surface area contributed by atoms with Gasteiger partial charge in [-0.1, -0.05) is 70.9 Å². The standard InChI is InChI=1S/C35H28Cl2N2O5S/c1-4-42-30-16-23(10-13-28(30)43-19-22-8-6-5-7-9-22)17-31-34(41)39-33(32(21(3)40)20(2)38-35(39)45-31)29-15-14-27(44-29)24-11-12-25(36)26(37)18-24/h5-18,33H,4,19H2,1-3H3/b31-17+/t33-/m0/s1. The molecule has 0 radical (unpaired) electrons. The zero-order chi connectivity index (χ0) is 31.7. The number of hydrogen-bond acceptors (Lipinski definition) is 7. The highest BCUT2D eigenvalue weighted by Crippen LogP contribution is 2.35. The number of ketones is 1. The fraction of sp³-hybridized carbons (Fsp3) is 0.171. The van der Waals surface area contributed by atoms with Gasteiger partial charge in [-0.3, -0.25) is 14.2 Å². The predicted molar refractivity (Wildman–Crippen MR) is 177 cm³/mol. The number of carbonyl (C=O) groups is 1. The molecule has 3 aromatic carbocycles. The third kappa shape index (κ3) is 6.27. The summed E-state index contributed by atoms with van der Waals surface area (Å²) in [6.45, 7) is 5.99. The van der Waals surface area contributed by atoms with E-state index in [2.05, 4.69) is 4.99 Å². The summed E-state index contributed by atoms with van der Waals surface area (Å²) in [6.07, 6.45) is 1.79. The number of fused-ring (bicyclic) bond motifs is 1. The van der Waals surface area contributed by atoms with Gasteiger partial charge >= 0.3 is 0 Å². The largest absolute Gasteiger partial charge is 0.490 e. The van der Waals surface area contributed by atoms with Crippen molar-refractivity contribution in [2.45, 2.75) is 33.4 Å². The molecule has 0 spiro atoms. The van der Waals surface area contributed by atoms with Crippen LogP contribution in [-0.2, 0) is 11.4 Å². The van der Waals surface area contributed by atoms with Crippen molar-refractivity contribution in [3.8, 4) is 22.8 Å². The second kappa shape index (κ2) is 12.9. The average molecular weight is 660 g/mol. The van der Waals surface area contributed by atoms with Crippen molar-refractivity contribution >= 4 is 46.4 Å². The topological polar surface area (TPSA) is 83.0 Å². The Morgan fingerprint density at radius 1 is 1.00 bits per heavy atom. The fourth-order valence-corrected chi connectivity index (χ4v) is 6.58. The maximum absolute atomic E-state index is 14.0. The molecule has 5 aromatic rings. The lowest BCUT2D eigenvalue weighted by atomic mass is 9.98. The van der Waals surface area contributed by atoms with Gasteiger partial charge in [0.25, 0.3) is 5.56 Å². The number of nitrogens with zero attached hydrogens (tertiary/aromatic N) is 2. The van der Waals surface area contributed by atoms with Crippen LogP contribution in [0, 0.1) is 0 Å². The summed E-state index contributed by atoms with van der Waals surface area (Å²) in [7, 11) is 0. The number of hydrogen-bond donors (Lipinski definition) is 0. The number of thiazole rings is 1. The number of carbonyl (C=O) groups excluding carboxylic acids is 1. The molecular formula is C35H28Cl2N2O5S. The Kier molecular flexibility index (Phi) is 8.81. The number of benzene rings is 3. The van der Waals surface area contributed by atoms with E-state index in [-0.39, 0.29) is 11.3 Å². The van der Waals surface area contributed by atoms with E-state index in [1.165, 1.54) is 22.8 Å². The molecule has 6 rings (SSSR count). The van der Waals surface area contributed by atoms with Crippen molar-refractivity contribution in [3.63, 3.8) is 0 Å². The summed E-state index contributed by atoms with van der Waals surface area (Å²) >= 11 is 13.6. The predicted octanol–water partition coefficient (Wildman–Crippen LogP) is 7.37. The molecule has 0 saturated carbocycles. The maximum atomic E-state index is 14.0. The van der Waals surface area contributed by atoms with Crippen molar-refractivity contribution < 1.29 is 18.7 Å². The number of halogens is 2. The third-order valence-corrected chi connectivity index (χ3v) is 9.03. The van der Waals surface area contributed by atoms with Crippen LogP contribution in [0.5, 0.6) is 11.5 Å². The van der Waals surface area contributed by atoms with Crippen molar-refractivity contribution in [2.24, 2.45) is 4.99 Å². The van der Waals surface area contributed by atoms with E-state index in [4.69, 9.17) is 37.1 Å². The quantitative estimate of drug-likeness (QED) is 0.165. The Morgan fingerprint density at radius 2 is 1.80 bits per heavy atom. The van der Waals surface area contributed by atoms with E-state index in [0.717, 1.165) is 16.7 Å². The molecule has 10 heteroatoms. The Morgan fingerprint density at radius 3 is 2.53 bits per heavy atom.